The van der Waals surface area contributed by atoms with Crippen LogP contribution in [-0.4, -0.2) is 49.8 Å². The largest absolute Gasteiger partial charge is 0.452 e. The highest BCUT2D eigenvalue weighted by molar-refractivity contribution is 7.89. The predicted octanol–water partition coefficient (Wildman–Crippen LogP) is 1.52. The Balaban J connectivity index is 1.99. The molecule has 0 saturated carbocycles. The van der Waals surface area contributed by atoms with E-state index in [2.05, 4.69) is 0 Å². The van der Waals surface area contributed by atoms with Gasteiger partial charge in [0.15, 0.2) is 6.10 Å². The molecule has 1 heterocycles. The molecule has 3 amide bonds. The molecular weight excluding hydrogens is 433 g/mol. The van der Waals surface area contributed by atoms with E-state index in [-0.39, 0.29) is 40.9 Å². The normalized spacial score (nSPS) is 17.0. The molecule has 0 aliphatic carbocycles. The van der Waals surface area contributed by atoms with Crippen LogP contribution in [0.25, 0.3) is 0 Å². The van der Waals surface area contributed by atoms with Crippen LogP contribution in [0.1, 0.15) is 19.8 Å². The van der Waals surface area contributed by atoms with Gasteiger partial charge in [0.25, 0.3) is 5.91 Å². The van der Waals surface area contributed by atoms with Crippen molar-refractivity contribution < 1.29 is 27.5 Å². The lowest BCUT2D eigenvalue weighted by Crippen LogP contribution is -2.44. The van der Waals surface area contributed by atoms with Crippen molar-refractivity contribution in [3.05, 3.63) is 28.2 Å². The van der Waals surface area contributed by atoms with Gasteiger partial charge in [0, 0.05) is 13.1 Å². The fourth-order valence-electron chi connectivity index (χ4n) is 2.74. The number of imide groups is 1. The van der Waals surface area contributed by atoms with Crippen molar-refractivity contribution in [3.63, 3.8) is 0 Å². The molecule has 1 fully saturated rings. The average Bonchev–Trinajstić information content (AvgIpc) is 2.60. The number of urea groups is 1. The van der Waals surface area contributed by atoms with E-state index >= 15 is 0 Å². The number of hydrogen-bond acceptors (Lipinski definition) is 6. The first-order valence-corrected chi connectivity index (χ1v) is 10.5. The van der Waals surface area contributed by atoms with Gasteiger partial charge in [0.05, 0.1) is 16.0 Å². The van der Waals surface area contributed by atoms with Crippen LogP contribution in [0.4, 0.5) is 4.79 Å². The van der Waals surface area contributed by atoms with Gasteiger partial charge in [-0.05, 0) is 31.9 Å². The monoisotopic (exact) mass is 451 g/mol. The molecule has 1 aliphatic rings. The van der Waals surface area contributed by atoms with Gasteiger partial charge in [-0.2, -0.15) is 4.31 Å². The smallest absolute Gasteiger partial charge is 0.318 e. The molecule has 0 unspecified atom stereocenters. The molecule has 12 heteroatoms. The van der Waals surface area contributed by atoms with Gasteiger partial charge in [0.1, 0.15) is 4.90 Å². The maximum atomic E-state index is 12.8. The Bertz CT molecular complexity index is 864. The van der Waals surface area contributed by atoms with E-state index < -0.39 is 40.0 Å². The van der Waals surface area contributed by atoms with Gasteiger partial charge >= 0.3 is 12.0 Å². The van der Waals surface area contributed by atoms with Crippen molar-refractivity contribution in [3.8, 4) is 0 Å². The summed E-state index contributed by atoms with van der Waals surface area (Å²) in [6, 6.07) is 3.36. The van der Waals surface area contributed by atoms with Crippen LogP contribution >= 0.6 is 23.2 Å². The summed E-state index contributed by atoms with van der Waals surface area (Å²) in [5, 5.41) is 1.85. The molecule has 3 N–H and O–H groups in total. The highest BCUT2D eigenvalue weighted by Gasteiger charge is 2.35. The summed E-state index contributed by atoms with van der Waals surface area (Å²) < 4.78 is 31.9. The third-order valence-corrected chi connectivity index (χ3v) is 7.07. The van der Waals surface area contributed by atoms with Crippen LogP contribution in [0.15, 0.2) is 23.1 Å². The molecule has 2 rings (SSSR count). The van der Waals surface area contributed by atoms with Crippen LogP contribution in [-0.2, 0) is 24.3 Å². The molecule has 1 aromatic rings. The number of nitrogens with one attached hydrogen (secondary N) is 1. The van der Waals surface area contributed by atoms with Gasteiger partial charge in [-0.25, -0.2) is 13.2 Å². The Morgan fingerprint density at radius 2 is 1.75 bits per heavy atom. The van der Waals surface area contributed by atoms with E-state index in [9.17, 15) is 22.8 Å². The first-order valence-electron chi connectivity index (χ1n) is 8.29. The lowest BCUT2D eigenvalue weighted by Gasteiger charge is -2.31. The summed E-state index contributed by atoms with van der Waals surface area (Å²) in [6.45, 7) is 1.42. The van der Waals surface area contributed by atoms with Crippen LogP contribution in [0.2, 0.25) is 10.0 Å². The van der Waals surface area contributed by atoms with Gasteiger partial charge in [0.2, 0.25) is 10.0 Å². The summed E-state index contributed by atoms with van der Waals surface area (Å²) in [7, 11) is -3.92. The molecule has 154 valence electrons. The zero-order chi connectivity index (χ0) is 21.1. The topological polar surface area (TPSA) is 136 Å². The molecule has 28 heavy (non-hydrogen) atoms. The first kappa shape index (κ1) is 22.4. The van der Waals surface area contributed by atoms with E-state index in [4.69, 9.17) is 33.7 Å². The molecule has 1 atom stereocenters. The minimum absolute atomic E-state index is 0.0170. The number of nitrogens with two attached hydrogens (primary N) is 1. The molecule has 0 aromatic heterocycles. The highest BCUT2D eigenvalue weighted by Crippen LogP contribution is 2.33. The number of nitrogens with zero attached hydrogens (tertiary/aromatic N) is 1. The number of hydrogen-bond donors (Lipinski definition) is 2. The fraction of sp³-hybridized carbons (Fsp3) is 0.438. The SMILES string of the molecule is C[C@H](OC(=O)C1CCN(S(=O)(=O)c2c(Cl)cccc2Cl)CC1)C(=O)NC(N)=O. The zero-order valence-corrected chi connectivity index (χ0v) is 17.2. The number of benzene rings is 1. The predicted molar refractivity (Wildman–Crippen MR) is 101 cm³/mol. The van der Waals surface area contributed by atoms with Crippen molar-refractivity contribution >= 4 is 51.1 Å². The Hall–Kier alpha value is -1.88. The van der Waals surface area contributed by atoms with Gasteiger partial charge in [-0.15, -0.1) is 0 Å². The number of halogens is 2. The minimum atomic E-state index is -3.92. The second-order valence-corrected chi connectivity index (χ2v) is 8.85. The molecule has 0 spiro atoms. The quantitative estimate of drug-likeness (QED) is 0.651. The number of ether oxygens (including phenoxy) is 1. The van der Waals surface area contributed by atoms with Crippen LogP contribution < -0.4 is 11.1 Å². The molecular formula is C16H19Cl2N3O6S. The first-order chi connectivity index (χ1) is 13.0. The maximum Gasteiger partial charge on any atom is 0.318 e. The van der Waals surface area contributed by atoms with E-state index in [1.807, 2.05) is 5.32 Å². The summed E-state index contributed by atoms with van der Waals surface area (Å²) in [6.07, 6.45) is -0.808. The van der Waals surface area contributed by atoms with E-state index in [0.717, 1.165) is 0 Å². The van der Waals surface area contributed by atoms with Crippen molar-refractivity contribution in [2.45, 2.75) is 30.8 Å². The summed E-state index contributed by atoms with van der Waals surface area (Å²) >= 11 is 12.0. The molecule has 9 nitrogen and oxygen atoms in total. The molecule has 0 bridgehead atoms. The maximum absolute atomic E-state index is 12.8. The van der Waals surface area contributed by atoms with Crippen molar-refractivity contribution in [1.82, 2.24) is 9.62 Å². The van der Waals surface area contributed by atoms with E-state index in [1.54, 1.807) is 6.07 Å². The molecule has 1 aliphatic heterocycles. The molecule has 1 saturated heterocycles. The number of piperidine rings is 1. The molecule has 1 aromatic carbocycles. The van der Waals surface area contributed by atoms with Gasteiger partial charge < -0.3 is 10.5 Å². The summed E-state index contributed by atoms with van der Waals surface area (Å²) in [5.74, 6) is -2.08. The third-order valence-electron chi connectivity index (χ3n) is 4.21. The number of rotatable bonds is 5. The van der Waals surface area contributed by atoms with Gasteiger partial charge in [-0.3, -0.25) is 14.9 Å². The highest BCUT2D eigenvalue weighted by atomic mass is 35.5. The number of amides is 3. The van der Waals surface area contributed by atoms with E-state index in [1.165, 1.54) is 23.4 Å². The Labute approximate surface area is 172 Å². The number of esters is 1. The standard InChI is InChI=1S/C16H19Cl2N3O6S/c1-9(14(22)20-16(19)24)27-15(23)10-5-7-21(8-6-10)28(25,26)13-11(17)3-2-4-12(13)18/h2-4,9-10H,5-8H2,1H3,(H3,19,20,22,24)/t9-/m0/s1. The lowest BCUT2D eigenvalue weighted by molar-refractivity contribution is -0.159. The average molecular weight is 452 g/mol. The van der Waals surface area contributed by atoms with Crippen LogP contribution in [0.3, 0.4) is 0 Å². The number of carbonyl (C=O) groups excluding carboxylic acids is 3. The summed E-state index contributed by atoms with van der Waals surface area (Å²) in [4.78, 5) is 34.3. The van der Waals surface area contributed by atoms with Crippen molar-refractivity contribution in [2.75, 3.05) is 13.1 Å². The fourth-order valence-corrected chi connectivity index (χ4v) is 5.30. The number of carbonyl (C=O) groups is 3. The zero-order valence-electron chi connectivity index (χ0n) is 14.9. The minimum Gasteiger partial charge on any atom is -0.452 e. The molecule has 0 radical (unpaired) electrons. The van der Waals surface area contributed by atoms with Crippen LogP contribution in [0, 0.1) is 5.92 Å². The third kappa shape index (κ3) is 5.13. The number of sulfonamides is 1. The van der Waals surface area contributed by atoms with Gasteiger partial charge in [-0.1, -0.05) is 29.3 Å². The second-order valence-electron chi connectivity index (χ2n) is 6.16. The number of primary amides is 1. The van der Waals surface area contributed by atoms with Crippen LogP contribution in [0.5, 0.6) is 0 Å². The lowest BCUT2D eigenvalue weighted by atomic mass is 9.98. The van der Waals surface area contributed by atoms with Crippen molar-refractivity contribution in [2.24, 2.45) is 11.7 Å². The Morgan fingerprint density at radius 3 is 2.25 bits per heavy atom. The summed E-state index contributed by atoms with van der Waals surface area (Å²) in [5.41, 5.74) is 4.84. The van der Waals surface area contributed by atoms with E-state index in [0.29, 0.717) is 0 Å². The second kappa shape index (κ2) is 9.08. The Kier molecular flexibility index (Phi) is 7.27. The van der Waals surface area contributed by atoms with Crippen molar-refractivity contribution in [1.29, 1.82) is 0 Å². The Morgan fingerprint density at radius 1 is 1.21 bits per heavy atom.